The van der Waals surface area contributed by atoms with E-state index in [4.69, 9.17) is 4.98 Å². The van der Waals surface area contributed by atoms with E-state index in [1.54, 1.807) is 36.3 Å². The van der Waals surface area contributed by atoms with Gasteiger partial charge >= 0.3 is 0 Å². The summed E-state index contributed by atoms with van der Waals surface area (Å²) in [4.78, 5) is 42.0. The Kier molecular flexibility index (Phi) is 7.60. The molecule has 4 heterocycles. The lowest BCUT2D eigenvalue weighted by molar-refractivity contribution is -0.118. The zero-order chi connectivity index (χ0) is 24.9. The molecular weight excluding hydrogens is 444 g/mol. The molecular formula is C25H34N8O2. The summed E-state index contributed by atoms with van der Waals surface area (Å²) in [6, 6.07) is 5.85. The van der Waals surface area contributed by atoms with Crippen LogP contribution in [-0.4, -0.2) is 70.0 Å². The Labute approximate surface area is 205 Å². The molecule has 2 amide bonds. The Morgan fingerprint density at radius 1 is 1.14 bits per heavy atom. The number of fused-ring (bicyclic) bond motifs is 1. The fourth-order valence-corrected chi connectivity index (χ4v) is 4.25. The smallest absolute Gasteiger partial charge is 0.270 e. The minimum atomic E-state index is -0.0371. The first-order valence-corrected chi connectivity index (χ1v) is 12.3. The summed E-state index contributed by atoms with van der Waals surface area (Å²) in [6.45, 7) is 6.09. The van der Waals surface area contributed by atoms with Gasteiger partial charge in [0.25, 0.3) is 5.91 Å². The summed E-state index contributed by atoms with van der Waals surface area (Å²) >= 11 is 0. The zero-order valence-electron chi connectivity index (χ0n) is 20.9. The van der Waals surface area contributed by atoms with Crippen molar-refractivity contribution in [2.24, 2.45) is 0 Å². The molecule has 10 nitrogen and oxygen atoms in total. The van der Waals surface area contributed by atoms with E-state index in [0.29, 0.717) is 37.0 Å². The molecule has 3 aromatic heterocycles. The van der Waals surface area contributed by atoms with Crippen molar-refractivity contribution in [3.63, 3.8) is 0 Å². The maximum atomic E-state index is 12.8. The van der Waals surface area contributed by atoms with Crippen molar-refractivity contribution in [3.05, 3.63) is 36.3 Å². The van der Waals surface area contributed by atoms with Gasteiger partial charge in [0, 0.05) is 57.8 Å². The number of nitrogens with zero attached hydrogens (tertiary/aromatic N) is 6. The van der Waals surface area contributed by atoms with Crippen molar-refractivity contribution in [3.8, 4) is 0 Å². The van der Waals surface area contributed by atoms with Crippen molar-refractivity contribution in [1.29, 1.82) is 0 Å². The maximum absolute atomic E-state index is 12.8. The first-order chi connectivity index (χ1) is 17.0. The highest BCUT2D eigenvalue weighted by Crippen LogP contribution is 2.36. The number of aromatic nitrogens is 4. The molecule has 0 spiro atoms. The van der Waals surface area contributed by atoms with E-state index in [-0.39, 0.29) is 17.9 Å². The molecule has 0 unspecified atom stereocenters. The standard InChI is InChI=1S/C23H28N8O2.C2H6/c1-29(2)22(33)18-12-15-13-26-23(28-21(15)31(18)16-4-3-5-16)27-19-7-6-17(14-25-19)30-11-10-24-9-8-20(30)32;1-2/h6-7,12-14,16,24H,3-5,8-11H2,1-2H3,(H,25,26,27,28);1-2H3. The fraction of sp³-hybridized carbons (Fsp3) is 0.480. The fourth-order valence-electron chi connectivity index (χ4n) is 4.25. The molecule has 5 rings (SSSR count). The molecule has 2 fully saturated rings. The van der Waals surface area contributed by atoms with Gasteiger partial charge in [0.05, 0.1) is 11.9 Å². The van der Waals surface area contributed by atoms with Crippen LogP contribution in [0.3, 0.4) is 0 Å². The minimum Gasteiger partial charge on any atom is -0.343 e. The van der Waals surface area contributed by atoms with Crippen LogP contribution in [-0.2, 0) is 4.79 Å². The third kappa shape index (κ3) is 5.12. The summed E-state index contributed by atoms with van der Waals surface area (Å²) < 4.78 is 2.06. The molecule has 35 heavy (non-hydrogen) atoms. The van der Waals surface area contributed by atoms with Crippen molar-refractivity contribution in [2.75, 3.05) is 43.9 Å². The monoisotopic (exact) mass is 478 g/mol. The van der Waals surface area contributed by atoms with E-state index in [0.717, 1.165) is 42.5 Å². The Hall–Kier alpha value is -3.53. The molecule has 2 aliphatic rings. The molecule has 1 saturated carbocycles. The molecule has 10 heteroatoms. The number of amides is 2. The van der Waals surface area contributed by atoms with Crippen molar-refractivity contribution >= 4 is 40.3 Å². The lowest BCUT2D eigenvalue weighted by atomic mass is 9.92. The van der Waals surface area contributed by atoms with Gasteiger partial charge in [-0.25, -0.2) is 9.97 Å². The normalized spacial score (nSPS) is 16.2. The van der Waals surface area contributed by atoms with Gasteiger partial charge in [0.2, 0.25) is 11.9 Å². The van der Waals surface area contributed by atoms with Crippen LogP contribution in [0.25, 0.3) is 11.0 Å². The molecule has 1 aliphatic carbocycles. The Morgan fingerprint density at radius 3 is 2.60 bits per heavy atom. The average molecular weight is 479 g/mol. The summed E-state index contributed by atoms with van der Waals surface area (Å²) in [5.74, 6) is 1.06. The predicted molar refractivity (Wildman–Crippen MR) is 137 cm³/mol. The number of carbonyl (C=O) groups excluding carboxylic acids is 2. The van der Waals surface area contributed by atoms with E-state index in [2.05, 4.69) is 25.2 Å². The van der Waals surface area contributed by atoms with Crippen LogP contribution in [0.1, 0.15) is 56.1 Å². The van der Waals surface area contributed by atoms with E-state index in [1.807, 2.05) is 32.0 Å². The lowest BCUT2D eigenvalue weighted by Crippen LogP contribution is -2.32. The summed E-state index contributed by atoms with van der Waals surface area (Å²) in [7, 11) is 3.52. The van der Waals surface area contributed by atoms with Gasteiger partial charge in [-0.3, -0.25) is 9.59 Å². The number of hydrogen-bond donors (Lipinski definition) is 2. The van der Waals surface area contributed by atoms with E-state index in [1.165, 1.54) is 0 Å². The first-order valence-electron chi connectivity index (χ1n) is 12.3. The zero-order valence-corrected chi connectivity index (χ0v) is 20.9. The average Bonchev–Trinajstić information content (AvgIpc) is 3.05. The van der Waals surface area contributed by atoms with E-state index in [9.17, 15) is 9.59 Å². The topological polar surface area (TPSA) is 108 Å². The van der Waals surface area contributed by atoms with Gasteiger partial charge in [-0.15, -0.1) is 0 Å². The Balaban J connectivity index is 0.00000141. The van der Waals surface area contributed by atoms with Gasteiger partial charge < -0.3 is 25.0 Å². The van der Waals surface area contributed by atoms with Crippen LogP contribution in [0.5, 0.6) is 0 Å². The minimum absolute atomic E-state index is 0.0371. The van der Waals surface area contributed by atoms with Gasteiger partial charge in [-0.2, -0.15) is 4.98 Å². The molecule has 0 aromatic carbocycles. The number of anilines is 3. The van der Waals surface area contributed by atoms with Crippen LogP contribution in [0.2, 0.25) is 0 Å². The second kappa shape index (κ2) is 10.8. The van der Waals surface area contributed by atoms with Crippen molar-refractivity contribution in [2.45, 2.75) is 45.6 Å². The number of pyridine rings is 1. The quantitative estimate of drug-likeness (QED) is 0.579. The molecule has 1 aliphatic heterocycles. The Morgan fingerprint density at radius 2 is 1.94 bits per heavy atom. The third-order valence-electron chi connectivity index (χ3n) is 6.27. The highest BCUT2D eigenvalue weighted by Gasteiger charge is 2.28. The second-order valence-corrected chi connectivity index (χ2v) is 8.73. The van der Waals surface area contributed by atoms with Gasteiger partial charge in [0.1, 0.15) is 17.2 Å². The van der Waals surface area contributed by atoms with Gasteiger partial charge in [-0.1, -0.05) is 13.8 Å². The number of nitrogens with one attached hydrogen (secondary N) is 2. The molecule has 186 valence electrons. The van der Waals surface area contributed by atoms with Gasteiger partial charge in [-0.05, 0) is 37.5 Å². The molecule has 0 radical (unpaired) electrons. The van der Waals surface area contributed by atoms with E-state index >= 15 is 0 Å². The molecule has 1 saturated heterocycles. The molecule has 3 aromatic rings. The van der Waals surface area contributed by atoms with Crippen LogP contribution in [0.15, 0.2) is 30.6 Å². The number of carbonyl (C=O) groups is 2. The molecule has 0 bridgehead atoms. The predicted octanol–water partition coefficient (Wildman–Crippen LogP) is 3.35. The molecule has 0 atom stereocenters. The van der Waals surface area contributed by atoms with Crippen LogP contribution in [0.4, 0.5) is 17.5 Å². The number of rotatable bonds is 5. The second-order valence-electron chi connectivity index (χ2n) is 8.73. The summed E-state index contributed by atoms with van der Waals surface area (Å²) in [5, 5.41) is 7.23. The lowest BCUT2D eigenvalue weighted by Gasteiger charge is -2.29. The third-order valence-corrected chi connectivity index (χ3v) is 6.27. The van der Waals surface area contributed by atoms with Crippen molar-refractivity contribution < 1.29 is 9.59 Å². The largest absolute Gasteiger partial charge is 0.343 e. The summed E-state index contributed by atoms with van der Waals surface area (Å²) in [6.07, 6.45) is 7.14. The van der Waals surface area contributed by atoms with Crippen LogP contribution in [0, 0.1) is 0 Å². The highest BCUT2D eigenvalue weighted by atomic mass is 16.2. The summed E-state index contributed by atoms with van der Waals surface area (Å²) in [5.41, 5.74) is 2.17. The maximum Gasteiger partial charge on any atom is 0.270 e. The van der Waals surface area contributed by atoms with Crippen LogP contribution >= 0.6 is 0 Å². The highest BCUT2D eigenvalue weighted by molar-refractivity contribution is 5.98. The first kappa shape index (κ1) is 24.6. The molecule has 2 N–H and O–H groups in total. The number of hydrogen-bond acceptors (Lipinski definition) is 7. The SMILES string of the molecule is CC.CN(C)C(=O)c1cc2cnc(Nc3ccc(N4CCNCCC4=O)cn3)nc2n1C1CCC1. The van der Waals surface area contributed by atoms with Crippen molar-refractivity contribution in [1.82, 2.24) is 29.7 Å². The van der Waals surface area contributed by atoms with Gasteiger partial charge in [0.15, 0.2) is 0 Å². The van der Waals surface area contributed by atoms with Crippen LogP contribution < -0.4 is 15.5 Å². The Bertz CT molecular complexity index is 1180. The van der Waals surface area contributed by atoms with E-state index < -0.39 is 0 Å².